The van der Waals surface area contributed by atoms with Crippen LogP contribution in [-0.4, -0.2) is 45.4 Å². The zero-order valence-corrected chi connectivity index (χ0v) is 17.9. The SMILES string of the molecule is CCOc1ccc(NC(=NC)NCCNC(C)(C)C)cc1OC.I. The number of guanidine groups is 1. The Bertz CT molecular complexity index is 516. The van der Waals surface area contributed by atoms with Gasteiger partial charge in [-0.15, -0.1) is 24.0 Å². The van der Waals surface area contributed by atoms with Crippen LogP contribution in [0.15, 0.2) is 23.2 Å². The van der Waals surface area contributed by atoms with Crippen LogP contribution in [0.3, 0.4) is 0 Å². The van der Waals surface area contributed by atoms with Gasteiger partial charge in [0.05, 0.1) is 13.7 Å². The Hall–Kier alpha value is -1.22. The molecule has 1 aromatic carbocycles. The Labute approximate surface area is 162 Å². The van der Waals surface area contributed by atoms with E-state index in [1.165, 1.54) is 0 Å². The van der Waals surface area contributed by atoms with Gasteiger partial charge in [0.15, 0.2) is 17.5 Å². The number of hydrogen-bond acceptors (Lipinski definition) is 4. The van der Waals surface area contributed by atoms with Crippen molar-refractivity contribution in [2.24, 2.45) is 4.99 Å². The van der Waals surface area contributed by atoms with Gasteiger partial charge in [0.2, 0.25) is 0 Å². The molecule has 6 nitrogen and oxygen atoms in total. The van der Waals surface area contributed by atoms with Gasteiger partial charge in [-0.25, -0.2) is 0 Å². The Balaban J connectivity index is 0.00000529. The highest BCUT2D eigenvalue weighted by Gasteiger charge is 2.09. The number of aliphatic imine (C=N–C) groups is 1. The van der Waals surface area contributed by atoms with E-state index in [2.05, 4.69) is 41.7 Å². The van der Waals surface area contributed by atoms with Gasteiger partial charge in [0.1, 0.15) is 0 Å². The second-order valence-electron chi connectivity index (χ2n) is 6.10. The first-order chi connectivity index (χ1) is 10.9. The molecule has 0 aliphatic heterocycles. The normalized spacial score (nSPS) is 11.5. The Morgan fingerprint density at radius 2 is 1.88 bits per heavy atom. The van der Waals surface area contributed by atoms with Crippen molar-refractivity contribution in [3.63, 3.8) is 0 Å². The van der Waals surface area contributed by atoms with Crippen LogP contribution in [-0.2, 0) is 0 Å². The third kappa shape index (κ3) is 8.58. The zero-order valence-electron chi connectivity index (χ0n) is 15.5. The fourth-order valence-electron chi connectivity index (χ4n) is 1.95. The summed E-state index contributed by atoms with van der Waals surface area (Å²) in [6, 6.07) is 5.72. The number of halogens is 1. The summed E-state index contributed by atoms with van der Waals surface area (Å²) >= 11 is 0. The summed E-state index contributed by atoms with van der Waals surface area (Å²) in [4.78, 5) is 4.23. The molecule has 0 saturated heterocycles. The van der Waals surface area contributed by atoms with Crippen LogP contribution in [0.5, 0.6) is 11.5 Å². The lowest BCUT2D eigenvalue weighted by atomic mass is 10.1. The second kappa shape index (κ2) is 11.4. The van der Waals surface area contributed by atoms with Crippen molar-refractivity contribution in [1.82, 2.24) is 10.6 Å². The van der Waals surface area contributed by atoms with Gasteiger partial charge in [-0.3, -0.25) is 4.99 Å². The smallest absolute Gasteiger partial charge is 0.195 e. The highest BCUT2D eigenvalue weighted by atomic mass is 127. The lowest BCUT2D eigenvalue weighted by molar-refractivity contribution is 0.311. The van der Waals surface area contributed by atoms with Crippen molar-refractivity contribution < 1.29 is 9.47 Å². The van der Waals surface area contributed by atoms with Crippen molar-refractivity contribution >= 4 is 35.6 Å². The molecule has 3 N–H and O–H groups in total. The number of rotatable bonds is 7. The lowest BCUT2D eigenvalue weighted by Crippen LogP contribution is -2.42. The molecule has 7 heteroatoms. The summed E-state index contributed by atoms with van der Waals surface area (Å²) in [5.41, 5.74) is 1.00. The van der Waals surface area contributed by atoms with Gasteiger partial charge in [-0.2, -0.15) is 0 Å². The van der Waals surface area contributed by atoms with Crippen molar-refractivity contribution in [2.45, 2.75) is 33.2 Å². The largest absolute Gasteiger partial charge is 0.493 e. The summed E-state index contributed by atoms with van der Waals surface area (Å²) in [5.74, 6) is 2.14. The summed E-state index contributed by atoms with van der Waals surface area (Å²) < 4.78 is 10.9. The lowest BCUT2D eigenvalue weighted by Gasteiger charge is -2.21. The monoisotopic (exact) mass is 450 g/mol. The van der Waals surface area contributed by atoms with E-state index < -0.39 is 0 Å². The quantitative estimate of drug-likeness (QED) is 0.258. The second-order valence-corrected chi connectivity index (χ2v) is 6.10. The van der Waals surface area contributed by atoms with E-state index >= 15 is 0 Å². The molecule has 0 spiro atoms. The standard InChI is InChI=1S/C17H30N4O2.HI/c1-7-23-14-9-8-13(12-15(14)22-6)21-16(18-5)19-10-11-20-17(2,3)4;/h8-9,12,20H,7,10-11H2,1-6H3,(H2,18,19,21);1H. The van der Waals surface area contributed by atoms with Crippen molar-refractivity contribution in [2.75, 3.05) is 39.2 Å². The maximum Gasteiger partial charge on any atom is 0.195 e. The average molecular weight is 450 g/mol. The van der Waals surface area contributed by atoms with Crippen molar-refractivity contribution in [3.05, 3.63) is 18.2 Å². The van der Waals surface area contributed by atoms with E-state index in [-0.39, 0.29) is 29.5 Å². The predicted molar refractivity (Wildman–Crippen MR) is 112 cm³/mol. The first-order valence-electron chi connectivity index (χ1n) is 7.93. The van der Waals surface area contributed by atoms with Gasteiger partial charge in [-0.05, 0) is 39.8 Å². The molecule has 1 aromatic rings. The third-order valence-corrected chi connectivity index (χ3v) is 3.02. The molecule has 0 aliphatic carbocycles. The Morgan fingerprint density at radius 1 is 1.17 bits per heavy atom. The van der Waals surface area contributed by atoms with E-state index in [0.29, 0.717) is 18.3 Å². The molecule has 0 aliphatic rings. The number of ether oxygens (including phenoxy) is 2. The summed E-state index contributed by atoms with van der Waals surface area (Å²) in [7, 11) is 3.38. The molecule has 0 aromatic heterocycles. The Morgan fingerprint density at radius 3 is 2.42 bits per heavy atom. The molecule has 0 bridgehead atoms. The molecular formula is C17H31IN4O2. The fourth-order valence-corrected chi connectivity index (χ4v) is 1.95. The minimum absolute atomic E-state index is 0. The van der Waals surface area contributed by atoms with Crippen LogP contribution in [0.4, 0.5) is 5.69 Å². The fraction of sp³-hybridized carbons (Fsp3) is 0.588. The highest BCUT2D eigenvalue weighted by Crippen LogP contribution is 2.30. The summed E-state index contributed by atoms with van der Waals surface area (Å²) in [6.45, 7) is 10.6. The maximum atomic E-state index is 5.52. The molecule has 0 heterocycles. The van der Waals surface area contributed by atoms with Gasteiger partial charge in [-0.1, -0.05) is 0 Å². The Kier molecular flexibility index (Phi) is 10.8. The summed E-state index contributed by atoms with van der Waals surface area (Å²) in [6.07, 6.45) is 0. The molecule has 0 amide bonds. The summed E-state index contributed by atoms with van der Waals surface area (Å²) in [5, 5.41) is 9.94. The molecule has 0 unspecified atom stereocenters. The number of anilines is 1. The van der Waals surface area contributed by atoms with Crippen LogP contribution in [0.2, 0.25) is 0 Å². The first kappa shape index (κ1) is 22.8. The number of nitrogens with zero attached hydrogens (tertiary/aromatic N) is 1. The average Bonchev–Trinajstić information content (AvgIpc) is 2.50. The van der Waals surface area contributed by atoms with E-state index in [0.717, 1.165) is 24.5 Å². The maximum absolute atomic E-state index is 5.52. The zero-order chi connectivity index (χ0) is 17.3. The van der Waals surface area contributed by atoms with Gasteiger partial charge >= 0.3 is 0 Å². The van der Waals surface area contributed by atoms with E-state index in [4.69, 9.17) is 9.47 Å². The predicted octanol–water partition coefficient (Wildman–Crippen LogP) is 3.09. The van der Waals surface area contributed by atoms with Crippen molar-refractivity contribution in [3.8, 4) is 11.5 Å². The van der Waals surface area contributed by atoms with Gasteiger partial charge < -0.3 is 25.4 Å². The minimum Gasteiger partial charge on any atom is -0.493 e. The number of methoxy groups -OCH3 is 1. The van der Waals surface area contributed by atoms with Crippen molar-refractivity contribution in [1.29, 1.82) is 0 Å². The molecular weight excluding hydrogens is 419 g/mol. The van der Waals surface area contributed by atoms with Crippen LogP contribution in [0.25, 0.3) is 0 Å². The molecule has 24 heavy (non-hydrogen) atoms. The van der Waals surface area contributed by atoms with E-state index in [1.807, 2.05) is 25.1 Å². The van der Waals surface area contributed by atoms with Crippen LogP contribution < -0.4 is 25.4 Å². The van der Waals surface area contributed by atoms with Crippen LogP contribution in [0, 0.1) is 0 Å². The van der Waals surface area contributed by atoms with E-state index in [1.54, 1.807) is 14.2 Å². The number of hydrogen-bond donors (Lipinski definition) is 3. The molecule has 1 rings (SSSR count). The molecule has 138 valence electrons. The topological polar surface area (TPSA) is 66.9 Å². The molecule has 0 fully saturated rings. The number of benzene rings is 1. The molecule has 0 radical (unpaired) electrons. The third-order valence-electron chi connectivity index (χ3n) is 3.02. The highest BCUT2D eigenvalue weighted by molar-refractivity contribution is 14.0. The van der Waals surface area contributed by atoms with Gasteiger partial charge in [0, 0.05) is 37.4 Å². The molecule has 0 atom stereocenters. The van der Waals surface area contributed by atoms with Crippen LogP contribution >= 0.6 is 24.0 Å². The van der Waals surface area contributed by atoms with Crippen LogP contribution in [0.1, 0.15) is 27.7 Å². The number of nitrogens with one attached hydrogen (secondary N) is 3. The van der Waals surface area contributed by atoms with E-state index in [9.17, 15) is 0 Å². The molecule has 0 saturated carbocycles. The first-order valence-corrected chi connectivity index (χ1v) is 7.93. The van der Waals surface area contributed by atoms with Gasteiger partial charge in [0.25, 0.3) is 0 Å². The minimum atomic E-state index is 0.